The summed E-state index contributed by atoms with van der Waals surface area (Å²) in [5.74, 6) is 0.205. The third-order valence-corrected chi connectivity index (χ3v) is 6.59. The van der Waals surface area contributed by atoms with Crippen molar-refractivity contribution in [2.75, 3.05) is 13.1 Å². The van der Waals surface area contributed by atoms with Gasteiger partial charge in [0, 0.05) is 19.2 Å². The largest absolute Gasteiger partial charge is 0.449 e. The van der Waals surface area contributed by atoms with E-state index in [1.165, 1.54) is 16.4 Å². The van der Waals surface area contributed by atoms with Crippen LogP contribution in [0, 0.1) is 17.0 Å². The van der Waals surface area contributed by atoms with Gasteiger partial charge < -0.3 is 4.74 Å². The van der Waals surface area contributed by atoms with Gasteiger partial charge in [0.05, 0.1) is 14.8 Å². The minimum Gasteiger partial charge on any atom is -0.449 e. The Morgan fingerprint density at radius 2 is 1.78 bits per heavy atom. The lowest BCUT2D eigenvalue weighted by Crippen LogP contribution is -2.35. The number of ether oxygens (including phenoxy) is 1. The molecule has 1 heterocycles. The second-order valence-corrected chi connectivity index (χ2v) is 8.73. The molecule has 0 spiro atoms. The van der Waals surface area contributed by atoms with Crippen molar-refractivity contribution in [3.05, 3.63) is 57.1 Å². The molecule has 0 unspecified atom stereocenters. The molecule has 9 heteroatoms. The fourth-order valence-electron chi connectivity index (χ4n) is 2.95. The standard InChI is InChI=1S/C18H19ClN2O5S/c1-13-5-7-15(19)18(11-13)26-17-8-6-14(12-16(17)21(22)23)27(24,25)20-9-3-2-4-10-20/h5-8,11-12H,2-4,9-10H2,1H3. The fourth-order valence-corrected chi connectivity index (χ4v) is 4.64. The highest BCUT2D eigenvalue weighted by Gasteiger charge is 2.29. The number of piperidine rings is 1. The smallest absolute Gasteiger partial charge is 0.312 e. The van der Waals surface area contributed by atoms with Crippen LogP contribution in [0.15, 0.2) is 41.3 Å². The number of hydrogen-bond acceptors (Lipinski definition) is 5. The number of aryl methyl sites for hydroxylation is 1. The number of halogens is 1. The Balaban J connectivity index is 1.98. The molecular weight excluding hydrogens is 392 g/mol. The van der Waals surface area contributed by atoms with Gasteiger partial charge in [0.2, 0.25) is 15.8 Å². The van der Waals surface area contributed by atoms with Crippen molar-refractivity contribution in [1.29, 1.82) is 0 Å². The Labute approximate surface area is 162 Å². The summed E-state index contributed by atoms with van der Waals surface area (Å²) in [4.78, 5) is 10.7. The van der Waals surface area contributed by atoms with Gasteiger partial charge in [-0.3, -0.25) is 10.1 Å². The first-order valence-corrected chi connectivity index (χ1v) is 10.3. The van der Waals surface area contributed by atoms with E-state index in [0.29, 0.717) is 18.1 Å². The summed E-state index contributed by atoms with van der Waals surface area (Å²) in [7, 11) is -3.78. The van der Waals surface area contributed by atoms with Gasteiger partial charge in [0.15, 0.2) is 0 Å². The lowest BCUT2D eigenvalue weighted by atomic mass is 10.2. The third kappa shape index (κ3) is 4.23. The number of nitro groups is 1. The molecule has 144 valence electrons. The molecule has 1 aliphatic rings. The Bertz CT molecular complexity index is 972. The number of benzene rings is 2. The molecule has 2 aromatic rings. The number of nitrogens with zero attached hydrogens (tertiary/aromatic N) is 2. The SMILES string of the molecule is Cc1ccc(Cl)c(Oc2ccc(S(=O)(=O)N3CCCCC3)cc2[N+](=O)[O-])c1. The van der Waals surface area contributed by atoms with Crippen LogP contribution in [-0.2, 0) is 10.0 Å². The normalized spacial score (nSPS) is 15.5. The van der Waals surface area contributed by atoms with Gasteiger partial charge in [-0.1, -0.05) is 24.1 Å². The number of hydrogen-bond donors (Lipinski definition) is 0. The van der Waals surface area contributed by atoms with Crippen LogP contribution in [0.1, 0.15) is 24.8 Å². The van der Waals surface area contributed by atoms with Crippen LogP contribution in [0.4, 0.5) is 5.69 Å². The van der Waals surface area contributed by atoms with E-state index < -0.39 is 20.6 Å². The monoisotopic (exact) mass is 410 g/mol. The van der Waals surface area contributed by atoms with Crippen molar-refractivity contribution >= 4 is 27.3 Å². The van der Waals surface area contributed by atoms with Gasteiger partial charge >= 0.3 is 5.69 Å². The van der Waals surface area contributed by atoms with E-state index in [4.69, 9.17) is 16.3 Å². The predicted octanol–water partition coefficient (Wildman–Crippen LogP) is 4.52. The van der Waals surface area contributed by atoms with Crippen molar-refractivity contribution in [2.45, 2.75) is 31.1 Å². The molecule has 0 amide bonds. The summed E-state index contributed by atoms with van der Waals surface area (Å²) in [6, 6.07) is 8.75. The second-order valence-electron chi connectivity index (χ2n) is 6.39. The van der Waals surface area contributed by atoms with E-state index in [0.717, 1.165) is 30.9 Å². The maximum Gasteiger partial charge on any atom is 0.312 e. The van der Waals surface area contributed by atoms with Crippen LogP contribution in [0.2, 0.25) is 5.02 Å². The van der Waals surface area contributed by atoms with E-state index in [1.807, 2.05) is 6.92 Å². The lowest BCUT2D eigenvalue weighted by Gasteiger charge is -2.25. The molecule has 0 aliphatic carbocycles. The molecule has 0 atom stereocenters. The molecular formula is C18H19ClN2O5S. The molecule has 0 radical (unpaired) electrons. The third-order valence-electron chi connectivity index (χ3n) is 4.39. The van der Waals surface area contributed by atoms with E-state index in [9.17, 15) is 18.5 Å². The molecule has 1 aliphatic heterocycles. The molecule has 0 saturated carbocycles. The van der Waals surface area contributed by atoms with Crippen LogP contribution in [0.25, 0.3) is 0 Å². The molecule has 3 rings (SSSR count). The molecule has 0 bridgehead atoms. The summed E-state index contributed by atoms with van der Waals surface area (Å²) >= 11 is 6.09. The van der Waals surface area contributed by atoms with Crippen molar-refractivity contribution < 1.29 is 18.1 Å². The van der Waals surface area contributed by atoms with Crippen molar-refractivity contribution in [3.63, 3.8) is 0 Å². The number of nitro benzene ring substituents is 1. The second kappa shape index (κ2) is 7.84. The van der Waals surface area contributed by atoms with Crippen molar-refractivity contribution in [3.8, 4) is 11.5 Å². The Hall–Kier alpha value is -2.16. The molecule has 2 aromatic carbocycles. The van der Waals surface area contributed by atoms with Crippen LogP contribution >= 0.6 is 11.6 Å². The van der Waals surface area contributed by atoms with E-state index in [1.54, 1.807) is 18.2 Å². The van der Waals surface area contributed by atoms with Gasteiger partial charge in [-0.2, -0.15) is 4.31 Å². The van der Waals surface area contributed by atoms with E-state index in [2.05, 4.69) is 0 Å². The van der Waals surface area contributed by atoms with Crippen molar-refractivity contribution in [1.82, 2.24) is 4.31 Å². The van der Waals surface area contributed by atoms with Crippen molar-refractivity contribution in [2.24, 2.45) is 0 Å². The van der Waals surface area contributed by atoms with Gasteiger partial charge in [-0.05, 0) is 49.6 Å². The zero-order valence-electron chi connectivity index (χ0n) is 14.7. The quantitative estimate of drug-likeness (QED) is 0.533. The average Bonchev–Trinajstić information content (AvgIpc) is 2.65. The van der Waals surface area contributed by atoms with Crippen LogP contribution in [0.3, 0.4) is 0 Å². The first-order chi connectivity index (χ1) is 12.8. The highest BCUT2D eigenvalue weighted by molar-refractivity contribution is 7.89. The topological polar surface area (TPSA) is 89.8 Å². The highest BCUT2D eigenvalue weighted by Crippen LogP contribution is 2.37. The summed E-state index contributed by atoms with van der Waals surface area (Å²) in [6.07, 6.45) is 2.55. The fraction of sp³-hybridized carbons (Fsp3) is 0.333. The zero-order valence-corrected chi connectivity index (χ0v) is 16.3. The van der Waals surface area contributed by atoms with E-state index in [-0.39, 0.29) is 16.4 Å². The molecule has 0 N–H and O–H groups in total. The van der Waals surface area contributed by atoms with Crippen LogP contribution < -0.4 is 4.74 Å². The average molecular weight is 411 g/mol. The Kier molecular flexibility index (Phi) is 5.69. The first kappa shape index (κ1) is 19.6. The van der Waals surface area contributed by atoms with Gasteiger partial charge in [-0.15, -0.1) is 0 Å². The molecule has 7 nitrogen and oxygen atoms in total. The van der Waals surface area contributed by atoms with Gasteiger partial charge in [0.1, 0.15) is 5.75 Å². The highest BCUT2D eigenvalue weighted by atomic mass is 35.5. The maximum absolute atomic E-state index is 12.8. The summed E-state index contributed by atoms with van der Waals surface area (Å²) < 4.78 is 32.5. The molecule has 1 fully saturated rings. The van der Waals surface area contributed by atoms with Gasteiger partial charge in [0.25, 0.3) is 0 Å². The van der Waals surface area contributed by atoms with Crippen LogP contribution in [0.5, 0.6) is 11.5 Å². The lowest BCUT2D eigenvalue weighted by molar-refractivity contribution is -0.385. The molecule has 1 saturated heterocycles. The number of rotatable bonds is 5. The number of sulfonamides is 1. The first-order valence-electron chi connectivity index (χ1n) is 8.51. The maximum atomic E-state index is 12.8. The van der Waals surface area contributed by atoms with Crippen LogP contribution in [-0.4, -0.2) is 30.7 Å². The molecule has 27 heavy (non-hydrogen) atoms. The Morgan fingerprint density at radius 3 is 2.44 bits per heavy atom. The van der Waals surface area contributed by atoms with Gasteiger partial charge in [-0.25, -0.2) is 8.42 Å². The summed E-state index contributed by atoms with van der Waals surface area (Å²) in [5.41, 5.74) is 0.451. The zero-order chi connectivity index (χ0) is 19.6. The minimum absolute atomic E-state index is 0.0647. The molecule has 0 aromatic heterocycles. The minimum atomic E-state index is -3.78. The predicted molar refractivity (Wildman–Crippen MR) is 102 cm³/mol. The summed E-state index contributed by atoms with van der Waals surface area (Å²) in [6.45, 7) is 2.69. The Morgan fingerprint density at radius 1 is 1.07 bits per heavy atom. The van der Waals surface area contributed by atoms with E-state index >= 15 is 0 Å². The summed E-state index contributed by atoms with van der Waals surface area (Å²) in [5, 5.41) is 11.8.